The smallest absolute Gasteiger partial charge is 0.332 e. The molecule has 0 spiro atoms. The van der Waals surface area contributed by atoms with Crippen LogP contribution in [0.5, 0.6) is 5.75 Å². The second kappa shape index (κ2) is 10.7. The molecule has 1 aromatic rings. The highest BCUT2D eigenvalue weighted by molar-refractivity contribution is 5.88. The lowest BCUT2D eigenvalue weighted by Crippen LogP contribution is -2.27. The summed E-state index contributed by atoms with van der Waals surface area (Å²) in [5.74, 6) is 0.188. The van der Waals surface area contributed by atoms with Crippen molar-refractivity contribution in [2.24, 2.45) is 0 Å². The van der Waals surface area contributed by atoms with E-state index in [9.17, 15) is 9.59 Å². The minimum absolute atomic E-state index is 0.0855. The van der Waals surface area contributed by atoms with Crippen LogP contribution in [0.3, 0.4) is 0 Å². The monoisotopic (exact) mass is 353 g/mol. The second-order valence-electron chi connectivity index (χ2n) is 6.31. The normalized spacial score (nSPS) is 11.0. The number of carbonyl (C=O) groups is 2. The Balaban J connectivity index is 2.03. The maximum atomic E-state index is 11.4. The van der Waals surface area contributed by atoms with E-state index in [4.69, 9.17) is 18.9 Å². The molecule has 0 bridgehead atoms. The summed E-state index contributed by atoms with van der Waals surface area (Å²) in [7, 11) is 0. The molecule has 0 fully saturated rings. The van der Waals surface area contributed by atoms with Gasteiger partial charge in [-0.2, -0.15) is 0 Å². The van der Waals surface area contributed by atoms with Gasteiger partial charge >= 0.3 is 5.97 Å². The van der Waals surface area contributed by atoms with Gasteiger partial charge in [-0.15, -0.1) is 0 Å². The van der Waals surface area contributed by atoms with E-state index in [1.54, 1.807) is 45.0 Å². The minimum atomic E-state index is -0.505. The molecule has 0 radical (unpaired) electrons. The first-order valence-electron chi connectivity index (χ1n) is 8.14. The molecule has 0 aromatic heterocycles. The van der Waals surface area contributed by atoms with Gasteiger partial charge in [-0.1, -0.05) is 0 Å². The van der Waals surface area contributed by atoms with E-state index in [1.807, 2.05) is 0 Å². The summed E-state index contributed by atoms with van der Waals surface area (Å²) in [5.41, 5.74) is 0.215. The van der Waals surface area contributed by atoms with Crippen molar-refractivity contribution in [3.8, 4) is 5.75 Å². The van der Waals surface area contributed by atoms with E-state index in [-0.39, 0.29) is 12.5 Å². The van der Waals surface area contributed by atoms with Gasteiger partial charge in [-0.25, -0.2) is 4.79 Å². The lowest BCUT2D eigenvalue weighted by Gasteiger charge is -2.19. The number of hydrogen-bond donors (Lipinski definition) is 1. The van der Waals surface area contributed by atoms with E-state index < -0.39 is 11.6 Å². The zero-order valence-corrected chi connectivity index (χ0v) is 15.3. The van der Waals surface area contributed by atoms with Crippen molar-refractivity contribution in [1.29, 1.82) is 0 Å². The van der Waals surface area contributed by atoms with Crippen molar-refractivity contribution < 1.29 is 28.5 Å². The van der Waals surface area contributed by atoms with Gasteiger partial charge in [-0.3, -0.25) is 4.79 Å². The number of anilines is 1. The molecule has 1 amide bonds. The van der Waals surface area contributed by atoms with Crippen LogP contribution in [-0.2, 0) is 23.8 Å². The molecule has 1 aromatic carbocycles. The van der Waals surface area contributed by atoms with Crippen molar-refractivity contribution in [3.05, 3.63) is 24.3 Å². The molecular weight excluding hydrogens is 326 g/mol. The maximum absolute atomic E-state index is 11.4. The minimum Gasteiger partial charge on any atom is -0.491 e. The van der Waals surface area contributed by atoms with E-state index in [0.717, 1.165) is 5.69 Å². The van der Waals surface area contributed by atoms with Gasteiger partial charge in [0, 0.05) is 12.6 Å². The first-order valence-corrected chi connectivity index (χ1v) is 8.14. The standard InChI is InChI=1S/C18H27NO6/c1-14(20)19-15-5-7-16(8-6-15)24-12-11-22-9-10-23-13-17(21)25-18(2,3)4/h5-8H,9-13H2,1-4H3,(H,19,20). The van der Waals surface area contributed by atoms with Crippen molar-refractivity contribution >= 4 is 17.6 Å². The van der Waals surface area contributed by atoms with Crippen LogP contribution in [0.2, 0.25) is 0 Å². The summed E-state index contributed by atoms with van der Waals surface area (Å²) in [4.78, 5) is 22.3. The first kappa shape index (κ1) is 20.9. The predicted octanol–water partition coefficient (Wildman–Crippen LogP) is 2.40. The van der Waals surface area contributed by atoms with Crippen molar-refractivity contribution in [1.82, 2.24) is 0 Å². The van der Waals surface area contributed by atoms with Crippen molar-refractivity contribution in [2.75, 3.05) is 38.4 Å². The summed E-state index contributed by atoms with van der Waals surface area (Å²) in [6.45, 7) is 8.27. The Hall–Kier alpha value is -2.12. The average Bonchev–Trinajstić information content (AvgIpc) is 2.49. The molecule has 0 aliphatic rings. The van der Waals surface area contributed by atoms with E-state index in [0.29, 0.717) is 32.2 Å². The van der Waals surface area contributed by atoms with Gasteiger partial charge in [0.2, 0.25) is 5.91 Å². The van der Waals surface area contributed by atoms with Gasteiger partial charge in [-0.05, 0) is 45.0 Å². The third-order valence-electron chi connectivity index (χ3n) is 2.68. The lowest BCUT2D eigenvalue weighted by molar-refractivity contribution is -0.160. The highest BCUT2D eigenvalue weighted by Gasteiger charge is 2.15. The zero-order valence-electron chi connectivity index (χ0n) is 15.3. The Bertz CT molecular complexity index is 535. The molecule has 1 N–H and O–H groups in total. The predicted molar refractivity (Wildman–Crippen MR) is 93.7 cm³/mol. The first-order chi connectivity index (χ1) is 11.8. The Morgan fingerprint density at radius 2 is 1.56 bits per heavy atom. The van der Waals surface area contributed by atoms with Crippen LogP contribution in [0.1, 0.15) is 27.7 Å². The van der Waals surface area contributed by atoms with E-state index in [2.05, 4.69) is 5.32 Å². The Labute approximate surface area is 148 Å². The second-order valence-corrected chi connectivity index (χ2v) is 6.31. The fraction of sp³-hybridized carbons (Fsp3) is 0.556. The fourth-order valence-electron chi connectivity index (χ4n) is 1.80. The molecule has 7 heteroatoms. The Morgan fingerprint density at radius 1 is 0.960 bits per heavy atom. The summed E-state index contributed by atoms with van der Waals surface area (Å²) >= 11 is 0. The molecule has 0 aliphatic carbocycles. The maximum Gasteiger partial charge on any atom is 0.332 e. The SMILES string of the molecule is CC(=O)Nc1ccc(OCCOCCOCC(=O)OC(C)(C)C)cc1. The number of esters is 1. The van der Waals surface area contributed by atoms with Crippen molar-refractivity contribution in [2.45, 2.75) is 33.3 Å². The number of ether oxygens (including phenoxy) is 4. The molecule has 0 heterocycles. The van der Waals surface area contributed by atoms with Gasteiger partial charge in [0.25, 0.3) is 0 Å². The Morgan fingerprint density at radius 3 is 2.16 bits per heavy atom. The van der Waals surface area contributed by atoms with Crippen LogP contribution in [0.4, 0.5) is 5.69 Å². The van der Waals surface area contributed by atoms with E-state index in [1.165, 1.54) is 6.92 Å². The molecule has 0 aliphatic heterocycles. The molecule has 7 nitrogen and oxygen atoms in total. The number of nitrogens with one attached hydrogen (secondary N) is 1. The van der Waals surface area contributed by atoms with Crippen LogP contribution in [-0.4, -0.2) is 50.5 Å². The van der Waals surface area contributed by atoms with Crippen LogP contribution >= 0.6 is 0 Å². The number of benzene rings is 1. The van der Waals surface area contributed by atoms with Crippen LogP contribution in [0.15, 0.2) is 24.3 Å². The number of hydrogen-bond acceptors (Lipinski definition) is 6. The number of amides is 1. The highest BCUT2D eigenvalue weighted by atomic mass is 16.6. The molecule has 0 atom stereocenters. The van der Waals surface area contributed by atoms with Gasteiger partial charge in [0.05, 0.1) is 19.8 Å². The lowest BCUT2D eigenvalue weighted by atomic mass is 10.2. The molecular formula is C18H27NO6. The fourth-order valence-corrected chi connectivity index (χ4v) is 1.80. The molecule has 1 rings (SSSR count). The van der Waals surface area contributed by atoms with Crippen LogP contribution < -0.4 is 10.1 Å². The summed E-state index contributed by atoms with van der Waals surface area (Å²) in [6.07, 6.45) is 0. The van der Waals surface area contributed by atoms with E-state index >= 15 is 0 Å². The number of carbonyl (C=O) groups excluding carboxylic acids is 2. The van der Waals surface area contributed by atoms with Gasteiger partial charge < -0.3 is 24.3 Å². The largest absolute Gasteiger partial charge is 0.491 e. The van der Waals surface area contributed by atoms with Gasteiger partial charge in [0.15, 0.2) is 0 Å². The molecule has 25 heavy (non-hydrogen) atoms. The summed E-state index contributed by atoms with van der Waals surface area (Å²) in [5, 5.41) is 2.68. The van der Waals surface area contributed by atoms with Crippen molar-refractivity contribution in [3.63, 3.8) is 0 Å². The van der Waals surface area contributed by atoms with Crippen LogP contribution in [0, 0.1) is 0 Å². The van der Waals surface area contributed by atoms with Crippen LogP contribution in [0.25, 0.3) is 0 Å². The number of rotatable bonds is 10. The molecule has 0 saturated heterocycles. The molecule has 140 valence electrons. The quantitative estimate of drug-likeness (QED) is 0.514. The molecule has 0 saturated carbocycles. The third kappa shape index (κ3) is 11.1. The summed E-state index contributed by atoms with van der Waals surface area (Å²) in [6, 6.07) is 7.08. The Kier molecular flexibility index (Phi) is 8.94. The summed E-state index contributed by atoms with van der Waals surface area (Å²) < 4.78 is 21.2. The van der Waals surface area contributed by atoms with Gasteiger partial charge in [0.1, 0.15) is 24.6 Å². The third-order valence-corrected chi connectivity index (χ3v) is 2.68. The zero-order chi connectivity index (χ0) is 18.7. The highest BCUT2D eigenvalue weighted by Crippen LogP contribution is 2.15. The topological polar surface area (TPSA) is 83.1 Å². The molecule has 0 unspecified atom stereocenters. The average molecular weight is 353 g/mol.